The first-order valence-corrected chi connectivity index (χ1v) is 4.88. The van der Waals surface area contributed by atoms with Crippen LogP contribution in [-0.4, -0.2) is 62.5 Å². The maximum absolute atomic E-state index is 8.74. The Morgan fingerprint density at radius 2 is 1.46 bits per heavy atom. The molecule has 0 heterocycles. The van der Waals surface area contributed by atoms with Crippen molar-refractivity contribution in [3.8, 4) is 0 Å². The van der Waals surface area contributed by atoms with E-state index in [0.717, 1.165) is 19.6 Å². The van der Waals surface area contributed by atoms with Crippen LogP contribution in [0.2, 0.25) is 0 Å². The highest BCUT2D eigenvalue weighted by Crippen LogP contribution is 1.72. The number of hydroxylamine groups is 2. The van der Waals surface area contributed by atoms with Gasteiger partial charge in [0.2, 0.25) is 0 Å². The standard InChI is InChI=1S/C7H19N3O.C2H6/c1-9(2)6-4-8-5-7-10(3)11;1-2/h8,11H,4-7H2,1-3H3;1-2H3. The van der Waals surface area contributed by atoms with Crippen LogP contribution in [0.3, 0.4) is 0 Å². The van der Waals surface area contributed by atoms with Gasteiger partial charge in [0, 0.05) is 33.2 Å². The minimum Gasteiger partial charge on any atom is -0.314 e. The van der Waals surface area contributed by atoms with Gasteiger partial charge in [-0.25, -0.2) is 0 Å². The van der Waals surface area contributed by atoms with Gasteiger partial charge in [0.05, 0.1) is 0 Å². The van der Waals surface area contributed by atoms with E-state index >= 15 is 0 Å². The molecule has 0 spiro atoms. The summed E-state index contributed by atoms with van der Waals surface area (Å²) in [5, 5.41) is 13.1. The average molecular weight is 191 g/mol. The molecule has 0 rings (SSSR count). The van der Waals surface area contributed by atoms with Crippen LogP contribution in [0, 0.1) is 0 Å². The number of nitrogens with zero attached hydrogens (tertiary/aromatic N) is 2. The minimum absolute atomic E-state index is 0.674. The van der Waals surface area contributed by atoms with Gasteiger partial charge < -0.3 is 15.4 Å². The van der Waals surface area contributed by atoms with Crippen molar-refractivity contribution in [2.75, 3.05) is 47.3 Å². The number of hydrogen-bond acceptors (Lipinski definition) is 4. The van der Waals surface area contributed by atoms with E-state index in [-0.39, 0.29) is 0 Å². The molecule has 0 fully saturated rings. The van der Waals surface area contributed by atoms with E-state index in [0.29, 0.717) is 6.54 Å². The second-order valence-electron chi connectivity index (χ2n) is 2.93. The molecule has 0 aliphatic heterocycles. The van der Waals surface area contributed by atoms with Gasteiger partial charge in [-0.2, -0.15) is 5.06 Å². The highest BCUT2D eigenvalue weighted by molar-refractivity contribution is 4.50. The van der Waals surface area contributed by atoms with Gasteiger partial charge in [-0.1, -0.05) is 13.8 Å². The van der Waals surface area contributed by atoms with Gasteiger partial charge in [-0.05, 0) is 14.1 Å². The van der Waals surface area contributed by atoms with Gasteiger partial charge in [-0.15, -0.1) is 0 Å². The van der Waals surface area contributed by atoms with Crippen molar-refractivity contribution in [1.29, 1.82) is 0 Å². The molecule has 4 heteroatoms. The molecule has 0 aromatic carbocycles. The Morgan fingerprint density at radius 3 is 1.85 bits per heavy atom. The molecule has 0 bridgehead atoms. The predicted molar refractivity (Wildman–Crippen MR) is 57.2 cm³/mol. The molecule has 0 atom stereocenters. The van der Waals surface area contributed by atoms with Crippen molar-refractivity contribution in [2.45, 2.75) is 13.8 Å². The molecule has 0 aliphatic rings. The van der Waals surface area contributed by atoms with E-state index in [1.165, 1.54) is 5.06 Å². The SMILES string of the molecule is CC.CN(C)CCNCCN(C)O. The molecule has 2 N–H and O–H groups in total. The topological polar surface area (TPSA) is 38.7 Å². The zero-order chi connectivity index (χ0) is 10.7. The van der Waals surface area contributed by atoms with Crippen molar-refractivity contribution < 1.29 is 5.21 Å². The fraction of sp³-hybridized carbons (Fsp3) is 1.00. The summed E-state index contributed by atoms with van der Waals surface area (Å²) in [4.78, 5) is 2.12. The largest absolute Gasteiger partial charge is 0.314 e. The van der Waals surface area contributed by atoms with Gasteiger partial charge in [-0.3, -0.25) is 0 Å². The molecule has 0 aliphatic carbocycles. The Labute approximate surface area is 82.5 Å². The Morgan fingerprint density at radius 1 is 1.00 bits per heavy atom. The maximum atomic E-state index is 8.74. The molecule has 82 valence electrons. The third-order valence-corrected chi connectivity index (χ3v) is 1.35. The molecule has 0 radical (unpaired) electrons. The lowest BCUT2D eigenvalue weighted by Crippen LogP contribution is -2.32. The van der Waals surface area contributed by atoms with Gasteiger partial charge >= 0.3 is 0 Å². The summed E-state index contributed by atoms with van der Waals surface area (Å²) in [6, 6.07) is 0. The van der Waals surface area contributed by atoms with Crippen LogP contribution in [0.4, 0.5) is 0 Å². The molecular formula is C9H25N3O. The molecule has 0 saturated heterocycles. The molecule has 0 amide bonds. The summed E-state index contributed by atoms with van der Waals surface area (Å²) in [5.41, 5.74) is 0. The fourth-order valence-corrected chi connectivity index (χ4v) is 0.669. The average Bonchev–Trinajstić information content (AvgIpc) is 2.06. The Balaban J connectivity index is 0. The minimum atomic E-state index is 0.674. The number of rotatable bonds is 6. The molecule has 0 unspecified atom stereocenters. The molecule has 0 saturated carbocycles. The van der Waals surface area contributed by atoms with Crippen LogP contribution in [0.1, 0.15) is 13.8 Å². The van der Waals surface area contributed by atoms with E-state index in [9.17, 15) is 0 Å². The van der Waals surface area contributed by atoms with Crippen molar-refractivity contribution >= 4 is 0 Å². The Bertz CT molecular complexity index is 76.9. The first-order valence-electron chi connectivity index (χ1n) is 4.88. The lowest BCUT2D eigenvalue weighted by atomic mass is 10.5. The van der Waals surface area contributed by atoms with Crippen LogP contribution in [0.15, 0.2) is 0 Å². The molecule has 0 aromatic heterocycles. The lowest BCUT2D eigenvalue weighted by molar-refractivity contribution is -0.0630. The normalized spacial score (nSPS) is 10.2. The molecule has 4 nitrogen and oxygen atoms in total. The van der Waals surface area contributed by atoms with E-state index in [1.807, 2.05) is 27.9 Å². The third-order valence-electron chi connectivity index (χ3n) is 1.35. The fourth-order valence-electron chi connectivity index (χ4n) is 0.669. The summed E-state index contributed by atoms with van der Waals surface area (Å²) in [5.74, 6) is 0. The van der Waals surface area contributed by atoms with Crippen LogP contribution in [0.5, 0.6) is 0 Å². The van der Waals surface area contributed by atoms with Crippen molar-refractivity contribution in [2.24, 2.45) is 0 Å². The van der Waals surface area contributed by atoms with Crippen molar-refractivity contribution in [3.63, 3.8) is 0 Å². The summed E-state index contributed by atoms with van der Waals surface area (Å²) in [7, 11) is 5.73. The third kappa shape index (κ3) is 18.7. The van der Waals surface area contributed by atoms with E-state index in [2.05, 4.69) is 10.2 Å². The predicted octanol–water partition coefficient (Wildman–Crippen LogP) is 0.485. The van der Waals surface area contributed by atoms with Crippen LogP contribution in [-0.2, 0) is 0 Å². The van der Waals surface area contributed by atoms with Crippen LogP contribution >= 0.6 is 0 Å². The smallest absolute Gasteiger partial charge is 0.0360 e. The van der Waals surface area contributed by atoms with E-state index < -0.39 is 0 Å². The Hall–Kier alpha value is -0.160. The highest BCUT2D eigenvalue weighted by Gasteiger charge is 1.91. The zero-order valence-electron chi connectivity index (χ0n) is 9.67. The number of likely N-dealkylation sites (N-methyl/N-ethyl adjacent to an activating group) is 2. The maximum Gasteiger partial charge on any atom is 0.0360 e. The van der Waals surface area contributed by atoms with Crippen molar-refractivity contribution in [3.05, 3.63) is 0 Å². The van der Waals surface area contributed by atoms with Crippen LogP contribution < -0.4 is 5.32 Å². The monoisotopic (exact) mass is 191 g/mol. The van der Waals surface area contributed by atoms with Gasteiger partial charge in [0.15, 0.2) is 0 Å². The summed E-state index contributed by atoms with van der Waals surface area (Å²) >= 11 is 0. The molecule has 13 heavy (non-hydrogen) atoms. The van der Waals surface area contributed by atoms with Crippen molar-refractivity contribution in [1.82, 2.24) is 15.3 Å². The number of hydrogen-bond donors (Lipinski definition) is 2. The quantitative estimate of drug-likeness (QED) is 0.473. The lowest BCUT2D eigenvalue weighted by Gasteiger charge is -2.11. The molecule has 0 aromatic rings. The summed E-state index contributed by atoms with van der Waals surface area (Å²) in [6.07, 6.45) is 0. The number of nitrogens with one attached hydrogen (secondary N) is 1. The second kappa shape index (κ2) is 11.8. The zero-order valence-corrected chi connectivity index (χ0v) is 9.67. The Kier molecular flexibility index (Phi) is 14.0. The summed E-state index contributed by atoms with van der Waals surface area (Å²) < 4.78 is 0. The van der Waals surface area contributed by atoms with E-state index in [4.69, 9.17) is 5.21 Å². The second-order valence-corrected chi connectivity index (χ2v) is 2.93. The van der Waals surface area contributed by atoms with Gasteiger partial charge in [0.25, 0.3) is 0 Å². The summed E-state index contributed by atoms with van der Waals surface area (Å²) in [6.45, 7) is 7.52. The highest BCUT2D eigenvalue weighted by atomic mass is 16.5. The van der Waals surface area contributed by atoms with Crippen LogP contribution in [0.25, 0.3) is 0 Å². The first kappa shape index (κ1) is 15.3. The molecular weight excluding hydrogens is 166 g/mol. The van der Waals surface area contributed by atoms with Gasteiger partial charge in [0.1, 0.15) is 0 Å². The first-order chi connectivity index (χ1) is 6.13. The van der Waals surface area contributed by atoms with E-state index in [1.54, 1.807) is 7.05 Å².